The Bertz CT molecular complexity index is 1120. The molecule has 0 saturated heterocycles. The van der Waals surface area contributed by atoms with Crippen LogP contribution < -0.4 is 15.1 Å². The Kier molecular flexibility index (Phi) is 6.24. The van der Waals surface area contributed by atoms with Gasteiger partial charge in [-0.3, -0.25) is 9.59 Å². The standard InChI is InChI=1S/C22H23N3O3S2/c1-15-13-29-22(23-15)30-14-17-10-19(26)20(28-2)11-24(17)12-21(27)25-9-5-7-16-6-3-4-8-18(16)25/h3-4,6,8,10-11,13H,5,7,9,12,14H2,1-2H3. The number of anilines is 1. The van der Waals surface area contributed by atoms with Crippen LogP contribution in [0.3, 0.4) is 0 Å². The molecule has 0 aliphatic carbocycles. The maximum Gasteiger partial charge on any atom is 0.246 e. The molecule has 0 spiro atoms. The van der Waals surface area contributed by atoms with Gasteiger partial charge in [0, 0.05) is 40.8 Å². The van der Waals surface area contributed by atoms with Crippen LogP contribution in [0, 0.1) is 6.92 Å². The zero-order valence-electron chi connectivity index (χ0n) is 17.0. The first-order chi connectivity index (χ1) is 14.5. The third-order valence-electron chi connectivity index (χ3n) is 5.06. The van der Waals surface area contributed by atoms with Gasteiger partial charge in [0.25, 0.3) is 0 Å². The average molecular weight is 442 g/mol. The van der Waals surface area contributed by atoms with Crippen LogP contribution in [0.25, 0.3) is 0 Å². The largest absolute Gasteiger partial charge is 0.491 e. The summed E-state index contributed by atoms with van der Waals surface area (Å²) in [6, 6.07) is 9.61. The Morgan fingerprint density at radius 1 is 1.33 bits per heavy atom. The van der Waals surface area contributed by atoms with Crippen LogP contribution in [-0.2, 0) is 23.5 Å². The topological polar surface area (TPSA) is 64.4 Å². The van der Waals surface area contributed by atoms with Crippen molar-refractivity contribution in [3.63, 3.8) is 0 Å². The number of amides is 1. The van der Waals surface area contributed by atoms with Crippen LogP contribution in [0.5, 0.6) is 5.75 Å². The van der Waals surface area contributed by atoms with E-state index in [1.165, 1.54) is 12.7 Å². The van der Waals surface area contributed by atoms with Crippen molar-refractivity contribution < 1.29 is 9.53 Å². The van der Waals surface area contributed by atoms with E-state index in [9.17, 15) is 9.59 Å². The number of nitrogens with zero attached hydrogens (tertiary/aromatic N) is 3. The number of methoxy groups -OCH3 is 1. The number of benzene rings is 1. The molecule has 0 fully saturated rings. The molecule has 0 atom stereocenters. The molecule has 0 saturated carbocycles. The molecule has 1 amide bonds. The first kappa shape index (κ1) is 20.7. The van der Waals surface area contributed by atoms with E-state index in [-0.39, 0.29) is 23.6 Å². The van der Waals surface area contributed by atoms with Crippen molar-refractivity contribution in [2.24, 2.45) is 0 Å². The van der Waals surface area contributed by atoms with Gasteiger partial charge in [-0.05, 0) is 31.4 Å². The normalized spacial score (nSPS) is 13.2. The Morgan fingerprint density at radius 3 is 2.93 bits per heavy atom. The number of hydrogen-bond donors (Lipinski definition) is 0. The zero-order chi connectivity index (χ0) is 21.1. The van der Waals surface area contributed by atoms with Crippen LogP contribution in [0.1, 0.15) is 23.4 Å². The van der Waals surface area contributed by atoms with Gasteiger partial charge in [-0.15, -0.1) is 11.3 Å². The number of thioether (sulfide) groups is 1. The molecule has 4 rings (SSSR count). The average Bonchev–Trinajstić information content (AvgIpc) is 3.18. The quantitative estimate of drug-likeness (QED) is 0.543. The van der Waals surface area contributed by atoms with Crippen molar-refractivity contribution in [3.05, 3.63) is 69.1 Å². The highest BCUT2D eigenvalue weighted by Crippen LogP contribution is 2.28. The summed E-state index contributed by atoms with van der Waals surface area (Å²) in [5.41, 5.74) is 3.75. The van der Waals surface area contributed by atoms with Crippen LogP contribution in [0.15, 0.2) is 51.0 Å². The highest BCUT2D eigenvalue weighted by atomic mass is 32.2. The molecule has 0 unspecified atom stereocenters. The van der Waals surface area contributed by atoms with Crippen LogP contribution in [0.2, 0.25) is 0 Å². The maximum absolute atomic E-state index is 13.2. The molecular formula is C22H23N3O3S2. The predicted octanol–water partition coefficient (Wildman–Crippen LogP) is 3.89. The van der Waals surface area contributed by atoms with Crippen molar-refractivity contribution >= 4 is 34.7 Å². The number of ether oxygens (including phenoxy) is 1. The number of carbonyl (C=O) groups is 1. The first-order valence-corrected chi connectivity index (χ1v) is 11.6. The summed E-state index contributed by atoms with van der Waals surface area (Å²) in [5, 5.41) is 2.00. The van der Waals surface area contributed by atoms with Gasteiger partial charge in [0.05, 0.1) is 13.3 Å². The van der Waals surface area contributed by atoms with Crippen molar-refractivity contribution in [1.82, 2.24) is 9.55 Å². The Balaban J connectivity index is 1.59. The molecule has 1 aromatic carbocycles. The molecule has 2 aromatic heterocycles. The highest BCUT2D eigenvalue weighted by molar-refractivity contribution is 8.00. The van der Waals surface area contributed by atoms with Crippen LogP contribution in [-0.4, -0.2) is 29.1 Å². The van der Waals surface area contributed by atoms with Gasteiger partial charge in [0.2, 0.25) is 11.3 Å². The molecule has 1 aliphatic heterocycles. The summed E-state index contributed by atoms with van der Waals surface area (Å²) in [5.74, 6) is 0.792. The summed E-state index contributed by atoms with van der Waals surface area (Å²) in [7, 11) is 1.47. The summed E-state index contributed by atoms with van der Waals surface area (Å²) in [6.45, 7) is 2.81. The van der Waals surface area contributed by atoms with E-state index in [1.54, 1.807) is 35.4 Å². The summed E-state index contributed by atoms with van der Waals surface area (Å²) in [6.07, 6.45) is 3.57. The third-order valence-corrected chi connectivity index (χ3v) is 7.23. The summed E-state index contributed by atoms with van der Waals surface area (Å²) < 4.78 is 7.98. The second-order valence-electron chi connectivity index (χ2n) is 7.15. The molecule has 0 bridgehead atoms. The third kappa shape index (κ3) is 4.44. The number of hydrogen-bond acceptors (Lipinski definition) is 6. The molecule has 156 valence electrons. The Hall–Kier alpha value is -2.58. The Morgan fingerprint density at radius 2 is 2.17 bits per heavy atom. The number of thiazole rings is 1. The number of aromatic nitrogens is 2. The fourth-order valence-electron chi connectivity index (χ4n) is 3.58. The van der Waals surface area contributed by atoms with Crippen molar-refractivity contribution in [2.75, 3.05) is 18.6 Å². The van der Waals surface area contributed by atoms with E-state index in [4.69, 9.17) is 4.74 Å². The monoisotopic (exact) mass is 441 g/mol. The smallest absolute Gasteiger partial charge is 0.246 e. The lowest BCUT2D eigenvalue weighted by Gasteiger charge is -2.30. The summed E-state index contributed by atoms with van der Waals surface area (Å²) in [4.78, 5) is 31.9. The number of fused-ring (bicyclic) bond motifs is 1. The van der Waals surface area contributed by atoms with Gasteiger partial charge in [-0.2, -0.15) is 0 Å². The van der Waals surface area contributed by atoms with Gasteiger partial charge < -0.3 is 14.2 Å². The Labute approximate surface area is 183 Å². The van der Waals surface area contributed by atoms with Crippen LogP contribution in [0.4, 0.5) is 5.69 Å². The highest BCUT2D eigenvalue weighted by Gasteiger charge is 2.23. The molecule has 0 radical (unpaired) electrons. The molecule has 3 aromatic rings. The van der Waals surface area contributed by atoms with Crippen molar-refractivity contribution in [2.45, 2.75) is 36.4 Å². The zero-order valence-corrected chi connectivity index (χ0v) is 18.6. The van der Waals surface area contributed by atoms with E-state index in [0.717, 1.165) is 34.3 Å². The summed E-state index contributed by atoms with van der Waals surface area (Å²) >= 11 is 3.14. The lowest BCUT2D eigenvalue weighted by molar-refractivity contribution is -0.119. The van der Waals surface area contributed by atoms with Crippen molar-refractivity contribution in [3.8, 4) is 5.75 Å². The molecule has 1 aliphatic rings. The molecule has 6 nitrogen and oxygen atoms in total. The SMILES string of the molecule is COc1cn(CC(=O)N2CCCc3ccccc32)c(CSc2nc(C)cs2)cc1=O. The molecular weight excluding hydrogens is 418 g/mol. The minimum absolute atomic E-state index is 0.00388. The van der Waals surface area contributed by atoms with Gasteiger partial charge in [0.15, 0.2) is 5.75 Å². The fourth-order valence-corrected chi connectivity index (χ4v) is 5.42. The van der Waals surface area contributed by atoms with Gasteiger partial charge in [-0.25, -0.2) is 4.98 Å². The van der Waals surface area contributed by atoms with E-state index < -0.39 is 0 Å². The van der Waals surface area contributed by atoms with Gasteiger partial charge in [-0.1, -0.05) is 30.0 Å². The number of pyridine rings is 1. The lowest BCUT2D eigenvalue weighted by atomic mass is 10.0. The molecule has 0 N–H and O–H groups in total. The van der Waals surface area contributed by atoms with E-state index >= 15 is 0 Å². The van der Waals surface area contributed by atoms with Gasteiger partial charge in [0.1, 0.15) is 10.9 Å². The first-order valence-electron chi connectivity index (χ1n) is 9.75. The predicted molar refractivity (Wildman–Crippen MR) is 121 cm³/mol. The number of aryl methyl sites for hydroxylation is 2. The minimum atomic E-state index is -0.185. The molecule has 30 heavy (non-hydrogen) atoms. The number of para-hydroxylation sites is 1. The maximum atomic E-state index is 13.2. The fraction of sp³-hybridized carbons (Fsp3) is 0.318. The second kappa shape index (κ2) is 9.06. The number of carbonyl (C=O) groups excluding carboxylic acids is 1. The van der Waals surface area contributed by atoms with E-state index in [2.05, 4.69) is 11.1 Å². The second-order valence-corrected chi connectivity index (χ2v) is 9.23. The minimum Gasteiger partial charge on any atom is -0.491 e. The number of rotatable bonds is 6. The lowest BCUT2D eigenvalue weighted by Crippen LogP contribution is -2.38. The van der Waals surface area contributed by atoms with Gasteiger partial charge >= 0.3 is 0 Å². The molecule has 3 heterocycles. The van der Waals surface area contributed by atoms with Crippen LogP contribution >= 0.6 is 23.1 Å². The van der Waals surface area contributed by atoms with E-state index in [1.807, 2.05) is 40.0 Å². The molecule has 8 heteroatoms. The van der Waals surface area contributed by atoms with E-state index in [0.29, 0.717) is 12.3 Å². The van der Waals surface area contributed by atoms with Crippen molar-refractivity contribution in [1.29, 1.82) is 0 Å².